The SMILES string of the molecule is CCCOc1ccccc1C(=O)NN=C(C)c1ccccc1O. The van der Waals surface area contributed by atoms with Gasteiger partial charge in [0.2, 0.25) is 0 Å². The molecule has 0 unspecified atom stereocenters. The Bertz CT molecular complexity index is 711. The Morgan fingerprint density at radius 3 is 2.48 bits per heavy atom. The number of nitrogens with one attached hydrogen (secondary N) is 1. The predicted molar refractivity (Wildman–Crippen MR) is 90.0 cm³/mol. The Balaban J connectivity index is 2.13. The van der Waals surface area contributed by atoms with E-state index in [-0.39, 0.29) is 11.7 Å². The first kappa shape index (κ1) is 16.5. The maximum absolute atomic E-state index is 12.3. The zero-order valence-corrected chi connectivity index (χ0v) is 13.2. The Morgan fingerprint density at radius 2 is 1.78 bits per heavy atom. The van der Waals surface area contributed by atoms with Gasteiger partial charge in [-0.15, -0.1) is 0 Å². The lowest BCUT2D eigenvalue weighted by molar-refractivity contribution is 0.0950. The minimum absolute atomic E-state index is 0.120. The number of rotatable bonds is 6. The molecule has 0 saturated heterocycles. The second-order valence-corrected chi connectivity index (χ2v) is 5.00. The first-order chi connectivity index (χ1) is 11.1. The number of phenolic OH excluding ortho intramolecular Hbond substituents is 1. The Hall–Kier alpha value is -2.82. The number of hydrazone groups is 1. The molecular weight excluding hydrogens is 292 g/mol. The molecule has 0 aromatic heterocycles. The molecule has 5 heteroatoms. The van der Waals surface area contributed by atoms with Gasteiger partial charge in [-0.3, -0.25) is 4.79 Å². The number of amides is 1. The first-order valence-corrected chi connectivity index (χ1v) is 7.48. The molecule has 0 spiro atoms. The van der Waals surface area contributed by atoms with Crippen LogP contribution in [0.15, 0.2) is 53.6 Å². The first-order valence-electron chi connectivity index (χ1n) is 7.48. The van der Waals surface area contributed by atoms with Crippen LogP contribution >= 0.6 is 0 Å². The van der Waals surface area contributed by atoms with E-state index in [0.717, 1.165) is 6.42 Å². The fourth-order valence-corrected chi connectivity index (χ4v) is 2.03. The Kier molecular flexibility index (Phi) is 5.74. The summed E-state index contributed by atoms with van der Waals surface area (Å²) in [5.74, 6) is 0.295. The lowest BCUT2D eigenvalue weighted by atomic mass is 10.1. The molecule has 2 N–H and O–H groups in total. The molecule has 0 aliphatic rings. The zero-order valence-electron chi connectivity index (χ0n) is 13.2. The maximum Gasteiger partial charge on any atom is 0.275 e. The van der Waals surface area contributed by atoms with Crippen molar-refractivity contribution in [2.24, 2.45) is 5.10 Å². The van der Waals surface area contributed by atoms with E-state index in [2.05, 4.69) is 10.5 Å². The third-order valence-corrected chi connectivity index (χ3v) is 3.21. The van der Waals surface area contributed by atoms with Gasteiger partial charge in [0, 0.05) is 5.56 Å². The second kappa shape index (κ2) is 7.98. The monoisotopic (exact) mass is 312 g/mol. The van der Waals surface area contributed by atoms with Crippen molar-refractivity contribution in [2.45, 2.75) is 20.3 Å². The molecule has 0 saturated carbocycles. The van der Waals surface area contributed by atoms with E-state index in [9.17, 15) is 9.90 Å². The summed E-state index contributed by atoms with van der Waals surface area (Å²) in [7, 11) is 0. The smallest absolute Gasteiger partial charge is 0.275 e. The van der Waals surface area contributed by atoms with Crippen molar-refractivity contribution in [1.29, 1.82) is 0 Å². The molecule has 2 aromatic carbocycles. The van der Waals surface area contributed by atoms with E-state index in [4.69, 9.17) is 4.74 Å². The normalized spacial score (nSPS) is 11.1. The van der Waals surface area contributed by atoms with Crippen molar-refractivity contribution in [1.82, 2.24) is 5.43 Å². The molecule has 2 aromatic rings. The van der Waals surface area contributed by atoms with Crippen LogP contribution < -0.4 is 10.2 Å². The van der Waals surface area contributed by atoms with Crippen LogP contribution in [-0.4, -0.2) is 23.3 Å². The zero-order chi connectivity index (χ0) is 16.7. The average molecular weight is 312 g/mol. The molecule has 0 aliphatic heterocycles. The summed E-state index contributed by atoms with van der Waals surface area (Å²) in [5, 5.41) is 13.8. The minimum Gasteiger partial charge on any atom is -0.507 e. The highest BCUT2D eigenvalue weighted by atomic mass is 16.5. The van der Waals surface area contributed by atoms with Gasteiger partial charge in [0.15, 0.2) is 0 Å². The van der Waals surface area contributed by atoms with Crippen molar-refractivity contribution in [2.75, 3.05) is 6.61 Å². The van der Waals surface area contributed by atoms with Gasteiger partial charge in [-0.05, 0) is 37.6 Å². The van der Waals surface area contributed by atoms with Gasteiger partial charge in [0.25, 0.3) is 5.91 Å². The van der Waals surface area contributed by atoms with E-state index in [1.807, 2.05) is 13.0 Å². The van der Waals surface area contributed by atoms with E-state index in [1.165, 1.54) is 0 Å². The second-order valence-electron chi connectivity index (χ2n) is 5.00. The largest absolute Gasteiger partial charge is 0.507 e. The summed E-state index contributed by atoms with van der Waals surface area (Å²) in [6.45, 7) is 4.27. The summed E-state index contributed by atoms with van der Waals surface area (Å²) >= 11 is 0. The quantitative estimate of drug-likeness (QED) is 0.635. The average Bonchev–Trinajstić information content (AvgIpc) is 2.58. The molecule has 0 fully saturated rings. The van der Waals surface area contributed by atoms with Crippen LogP contribution in [0.4, 0.5) is 0 Å². The molecule has 2 rings (SSSR count). The van der Waals surface area contributed by atoms with Gasteiger partial charge in [-0.2, -0.15) is 5.10 Å². The van der Waals surface area contributed by atoms with Crippen LogP contribution in [0.5, 0.6) is 11.5 Å². The highest BCUT2D eigenvalue weighted by Gasteiger charge is 2.12. The lowest BCUT2D eigenvalue weighted by Crippen LogP contribution is -2.20. The summed E-state index contributed by atoms with van der Waals surface area (Å²) in [6.07, 6.45) is 0.862. The van der Waals surface area contributed by atoms with Gasteiger partial charge in [0.1, 0.15) is 11.5 Å². The number of hydrogen-bond donors (Lipinski definition) is 2. The van der Waals surface area contributed by atoms with Crippen LogP contribution in [-0.2, 0) is 0 Å². The third-order valence-electron chi connectivity index (χ3n) is 3.21. The third kappa shape index (κ3) is 4.32. The highest BCUT2D eigenvalue weighted by Crippen LogP contribution is 2.19. The number of para-hydroxylation sites is 2. The summed E-state index contributed by atoms with van der Waals surface area (Å²) < 4.78 is 5.57. The van der Waals surface area contributed by atoms with Crippen LogP contribution in [0.2, 0.25) is 0 Å². The molecule has 5 nitrogen and oxygen atoms in total. The lowest BCUT2D eigenvalue weighted by Gasteiger charge is -2.10. The summed E-state index contributed by atoms with van der Waals surface area (Å²) in [4.78, 5) is 12.3. The van der Waals surface area contributed by atoms with Gasteiger partial charge in [-0.1, -0.05) is 31.2 Å². The topological polar surface area (TPSA) is 70.9 Å². The van der Waals surface area contributed by atoms with Gasteiger partial charge >= 0.3 is 0 Å². The van der Waals surface area contributed by atoms with Crippen LogP contribution in [0.3, 0.4) is 0 Å². The van der Waals surface area contributed by atoms with E-state index >= 15 is 0 Å². The van der Waals surface area contributed by atoms with Crippen molar-refractivity contribution >= 4 is 11.6 Å². The van der Waals surface area contributed by atoms with E-state index in [1.54, 1.807) is 49.4 Å². The fraction of sp³-hybridized carbons (Fsp3) is 0.222. The molecule has 1 amide bonds. The molecule has 0 radical (unpaired) electrons. The molecule has 23 heavy (non-hydrogen) atoms. The molecule has 120 valence electrons. The fourth-order valence-electron chi connectivity index (χ4n) is 2.03. The van der Waals surface area contributed by atoms with Gasteiger partial charge < -0.3 is 9.84 Å². The molecule has 0 atom stereocenters. The molecular formula is C18H20N2O3. The number of aromatic hydroxyl groups is 1. The number of nitrogens with zero attached hydrogens (tertiary/aromatic N) is 1. The van der Waals surface area contributed by atoms with Crippen molar-refractivity contribution in [3.8, 4) is 11.5 Å². The number of carbonyl (C=O) groups is 1. The minimum atomic E-state index is -0.355. The summed E-state index contributed by atoms with van der Waals surface area (Å²) in [6, 6.07) is 13.9. The van der Waals surface area contributed by atoms with Crippen molar-refractivity contribution < 1.29 is 14.6 Å². The van der Waals surface area contributed by atoms with Gasteiger partial charge in [0.05, 0.1) is 17.9 Å². The highest BCUT2D eigenvalue weighted by molar-refractivity contribution is 6.03. The number of benzene rings is 2. The van der Waals surface area contributed by atoms with Crippen LogP contribution in [0.1, 0.15) is 36.2 Å². The van der Waals surface area contributed by atoms with Crippen molar-refractivity contribution in [3.63, 3.8) is 0 Å². The predicted octanol–water partition coefficient (Wildman–Crippen LogP) is 3.34. The number of ether oxygens (including phenoxy) is 1. The van der Waals surface area contributed by atoms with E-state index in [0.29, 0.717) is 29.2 Å². The number of carbonyl (C=O) groups excluding carboxylic acids is 1. The number of phenols is 1. The van der Waals surface area contributed by atoms with E-state index < -0.39 is 0 Å². The Labute approximate surface area is 135 Å². The van der Waals surface area contributed by atoms with Crippen LogP contribution in [0.25, 0.3) is 0 Å². The summed E-state index contributed by atoms with van der Waals surface area (Å²) in [5.41, 5.74) is 4.01. The standard InChI is InChI=1S/C18H20N2O3/c1-3-12-23-17-11-7-5-9-15(17)18(22)20-19-13(2)14-8-4-6-10-16(14)21/h4-11,21H,3,12H2,1-2H3,(H,20,22). The van der Waals surface area contributed by atoms with Crippen LogP contribution in [0, 0.1) is 0 Å². The molecule has 0 aliphatic carbocycles. The molecule has 0 bridgehead atoms. The maximum atomic E-state index is 12.3. The number of hydrogen-bond acceptors (Lipinski definition) is 4. The van der Waals surface area contributed by atoms with Crippen molar-refractivity contribution in [3.05, 3.63) is 59.7 Å². The molecule has 0 heterocycles. The van der Waals surface area contributed by atoms with Gasteiger partial charge in [-0.25, -0.2) is 5.43 Å². The Morgan fingerprint density at radius 1 is 1.13 bits per heavy atom.